The second-order valence-corrected chi connectivity index (χ2v) is 5.61. The van der Waals surface area contributed by atoms with Crippen molar-refractivity contribution in [1.29, 1.82) is 0 Å². The molecule has 0 amide bonds. The summed E-state index contributed by atoms with van der Waals surface area (Å²) in [5.41, 5.74) is -0.165. The molecule has 0 aliphatic heterocycles. The average molecular weight is 390 g/mol. The molecule has 2 aromatic carbocycles. The van der Waals surface area contributed by atoms with Crippen molar-refractivity contribution in [2.24, 2.45) is 0 Å². The van der Waals surface area contributed by atoms with Crippen LogP contribution in [0.15, 0.2) is 60.8 Å². The Morgan fingerprint density at radius 3 is 2.36 bits per heavy atom. The van der Waals surface area contributed by atoms with Crippen molar-refractivity contribution in [2.75, 3.05) is 5.32 Å². The summed E-state index contributed by atoms with van der Waals surface area (Å²) < 4.78 is 44.9. The lowest BCUT2D eigenvalue weighted by Gasteiger charge is -2.14. The van der Waals surface area contributed by atoms with Crippen molar-refractivity contribution in [3.8, 4) is 5.88 Å². The van der Waals surface area contributed by atoms with Crippen LogP contribution in [0.25, 0.3) is 0 Å². The van der Waals surface area contributed by atoms with Gasteiger partial charge in [0.25, 0.3) is 5.69 Å². The first-order valence-corrected chi connectivity index (χ1v) is 7.95. The quantitative estimate of drug-likeness (QED) is 0.484. The molecule has 0 aliphatic carbocycles. The fraction of sp³-hybridized carbons (Fsp3) is 0.111. The number of nitrogens with one attached hydrogen (secondary N) is 1. The first-order chi connectivity index (χ1) is 13.3. The van der Waals surface area contributed by atoms with Crippen LogP contribution in [0.2, 0.25) is 0 Å². The van der Waals surface area contributed by atoms with Crippen molar-refractivity contribution in [3.05, 3.63) is 82.0 Å². The van der Waals surface area contributed by atoms with E-state index < -0.39 is 22.5 Å². The number of halogens is 3. The van der Waals surface area contributed by atoms with Crippen LogP contribution in [0.4, 0.5) is 30.5 Å². The molecule has 0 saturated heterocycles. The van der Waals surface area contributed by atoms with Gasteiger partial charge in [-0.25, -0.2) is 4.98 Å². The van der Waals surface area contributed by atoms with Gasteiger partial charge < -0.3 is 10.1 Å². The number of aromatic nitrogens is 2. The topological polar surface area (TPSA) is 90.2 Å². The van der Waals surface area contributed by atoms with E-state index in [0.717, 1.165) is 0 Å². The molecule has 144 valence electrons. The minimum Gasteiger partial charge on any atom is -0.472 e. The van der Waals surface area contributed by atoms with Gasteiger partial charge in [0.2, 0.25) is 11.8 Å². The van der Waals surface area contributed by atoms with Crippen LogP contribution in [-0.2, 0) is 12.8 Å². The molecule has 7 nitrogen and oxygen atoms in total. The molecule has 0 atom stereocenters. The molecular formula is C18H13F3N4O3. The zero-order chi connectivity index (χ0) is 20.1. The van der Waals surface area contributed by atoms with E-state index in [0.29, 0.717) is 17.4 Å². The third kappa shape index (κ3) is 4.72. The minimum absolute atomic E-state index is 0.0993. The van der Waals surface area contributed by atoms with Gasteiger partial charge in [0.1, 0.15) is 12.2 Å². The second kappa shape index (κ2) is 7.91. The number of nitrogens with zero attached hydrogens (tertiary/aromatic N) is 3. The molecule has 10 heteroatoms. The van der Waals surface area contributed by atoms with E-state index in [2.05, 4.69) is 15.3 Å². The van der Waals surface area contributed by atoms with Crippen molar-refractivity contribution >= 4 is 17.3 Å². The van der Waals surface area contributed by atoms with E-state index in [4.69, 9.17) is 4.74 Å². The maximum atomic E-state index is 13.2. The van der Waals surface area contributed by atoms with Gasteiger partial charge in [-0.15, -0.1) is 0 Å². The predicted octanol–water partition coefficient (Wildman–Crippen LogP) is 4.73. The van der Waals surface area contributed by atoms with Gasteiger partial charge in [-0.3, -0.25) is 10.1 Å². The minimum atomic E-state index is -4.68. The van der Waals surface area contributed by atoms with Crippen LogP contribution in [0.1, 0.15) is 11.1 Å². The molecule has 1 N–H and O–H groups in total. The lowest BCUT2D eigenvalue weighted by atomic mass is 10.2. The van der Waals surface area contributed by atoms with Gasteiger partial charge in [-0.05, 0) is 17.7 Å². The van der Waals surface area contributed by atoms with Gasteiger partial charge in [-0.2, -0.15) is 18.2 Å². The Hall–Kier alpha value is -3.69. The highest BCUT2D eigenvalue weighted by Gasteiger charge is 2.36. The highest BCUT2D eigenvalue weighted by Crippen LogP contribution is 2.35. The average Bonchev–Trinajstić information content (AvgIpc) is 2.67. The van der Waals surface area contributed by atoms with Crippen LogP contribution < -0.4 is 10.1 Å². The van der Waals surface area contributed by atoms with Gasteiger partial charge in [-0.1, -0.05) is 30.3 Å². The molecule has 28 heavy (non-hydrogen) atoms. The van der Waals surface area contributed by atoms with Gasteiger partial charge in [0, 0.05) is 24.0 Å². The number of hydrogen-bond donors (Lipinski definition) is 1. The maximum absolute atomic E-state index is 13.2. The lowest BCUT2D eigenvalue weighted by molar-refractivity contribution is -0.384. The first kappa shape index (κ1) is 19.1. The Bertz CT molecular complexity index is 964. The van der Waals surface area contributed by atoms with E-state index >= 15 is 0 Å². The highest BCUT2D eigenvalue weighted by molar-refractivity contribution is 5.56. The van der Waals surface area contributed by atoms with E-state index in [9.17, 15) is 23.3 Å². The van der Waals surface area contributed by atoms with E-state index in [1.54, 1.807) is 30.3 Å². The summed E-state index contributed by atoms with van der Waals surface area (Å²) >= 11 is 0. The number of nitro benzene ring substituents is 1. The van der Waals surface area contributed by atoms with Crippen molar-refractivity contribution in [2.45, 2.75) is 12.8 Å². The first-order valence-electron chi connectivity index (χ1n) is 7.95. The number of nitro groups is 1. The smallest absolute Gasteiger partial charge is 0.423 e. The SMILES string of the molecule is O=[N+]([O-])c1ccc(Nc2ncc(C(F)(F)F)c(OCc3ccccc3)n2)cc1. The molecule has 0 spiro atoms. The van der Waals surface area contributed by atoms with Gasteiger partial charge >= 0.3 is 6.18 Å². The summed E-state index contributed by atoms with van der Waals surface area (Å²) in [7, 11) is 0. The Kier molecular flexibility index (Phi) is 5.39. The number of benzene rings is 2. The summed E-state index contributed by atoms with van der Waals surface area (Å²) in [4.78, 5) is 17.6. The monoisotopic (exact) mass is 390 g/mol. The number of anilines is 2. The Morgan fingerprint density at radius 2 is 1.75 bits per heavy atom. The standard InChI is InChI=1S/C18H13F3N4O3/c19-18(20,21)15-10-22-17(23-13-6-8-14(9-7-13)25(26)27)24-16(15)28-11-12-4-2-1-3-5-12/h1-10H,11H2,(H,22,23,24). The summed E-state index contributed by atoms with van der Waals surface area (Å²) in [5, 5.41) is 13.4. The maximum Gasteiger partial charge on any atom is 0.423 e. The molecule has 0 radical (unpaired) electrons. The number of alkyl halides is 3. The summed E-state index contributed by atoms with van der Waals surface area (Å²) in [6.07, 6.45) is -4.06. The third-order valence-electron chi connectivity index (χ3n) is 3.61. The van der Waals surface area contributed by atoms with Crippen molar-refractivity contribution in [3.63, 3.8) is 0 Å². The second-order valence-electron chi connectivity index (χ2n) is 5.61. The van der Waals surface area contributed by atoms with Gasteiger partial charge in [0.05, 0.1) is 4.92 Å². The Labute approximate surface area is 157 Å². The largest absolute Gasteiger partial charge is 0.472 e. The summed E-state index contributed by atoms with van der Waals surface area (Å²) in [6, 6.07) is 14.0. The van der Waals surface area contributed by atoms with Crippen LogP contribution in [0.3, 0.4) is 0 Å². The zero-order valence-electron chi connectivity index (χ0n) is 14.2. The van der Waals surface area contributed by atoms with Crippen molar-refractivity contribution < 1.29 is 22.8 Å². The molecule has 0 bridgehead atoms. The molecule has 3 rings (SSSR count). The molecule has 3 aromatic rings. The Morgan fingerprint density at radius 1 is 1.07 bits per heavy atom. The molecule has 1 aromatic heterocycles. The number of hydrogen-bond acceptors (Lipinski definition) is 6. The van der Waals surface area contributed by atoms with E-state index in [-0.39, 0.29) is 18.2 Å². The highest BCUT2D eigenvalue weighted by atomic mass is 19.4. The molecule has 0 fully saturated rings. The van der Waals surface area contributed by atoms with Crippen molar-refractivity contribution in [1.82, 2.24) is 9.97 Å². The molecular weight excluding hydrogens is 377 g/mol. The van der Waals surface area contributed by atoms with E-state index in [1.165, 1.54) is 24.3 Å². The number of rotatable bonds is 6. The zero-order valence-corrected chi connectivity index (χ0v) is 14.2. The summed E-state index contributed by atoms with van der Waals surface area (Å²) in [6.45, 7) is -0.0993. The third-order valence-corrected chi connectivity index (χ3v) is 3.61. The van der Waals surface area contributed by atoms with E-state index in [1.807, 2.05) is 0 Å². The Balaban J connectivity index is 1.83. The molecule has 0 unspecified atom stereocenters. The fourth-order valence-electron chi connectivity index (χ4n) is 2.25. The fourth-order valence-corrected chi connectivity index (χ4v) is 2.25. The van der Waals surface area contributed by atoms with Crippen LogP contribution in [0, 0.1) is 10.1 Å². The number of non-ortho nitro benzene ring substituents is 1. The van der Waals surface area contributed by atoms with Gasteiger partial charge in [0.15, 0.2) is 0 Å². The molecule has 0 saturated carbocycles. The predicted molar refractivity (Wildman–Crippen MR) is 94.2 cm³/mol. The number of ether oxygens (including phenoxy) is 1. The van der Waals surface area contributed by atoms with Crippen LogP contribution in [0.5, 0.6) is 5.88 Å². The molecule has 1 heterocycles. The normalized spacial score (nSPS) is 11.1. The lowest BCUT2D eigenvalue weighted by Crippen LogP contribution is -2.12. The summed E-state index contributed by atoms with van der Waals surface area (Å²) in [5.74, 6) is -0.749. The van der Waals surface area contributed by atoms with Crippen LogP contribution >= 0.6 is 0 Å². The van der Waals surface area contributed by atoms with Crippen LogP contribution in [-0.4, -0.2) is 14.9 Å². The molecule has 0 aliphatic rings.